The van der Waals surface area contributed by atoms with Gasteiger partial charge in [-0.2, -0.15) is 0 Å². The molecule has 2 rings (SSSR count). The fourth-order valence-corrected chi connectivity index (χ4v) is 3.09. The smallest absolute Gasteiger partial charge is 0.268 e. The molecule has 1 atom stereocenters. The Labute approximate surface area is 128 Å². The van der Waals surface area contributed by atoms with E-state index in [-0.39, 0.29) is 22.6 Å². The Morgan fingerprint density at radius 2 is 2.29 bits per heavy atom. The Kier molecular flexibility index (Phi) is 5.29. The zero-order chi connectivity index (χ0) is 15.5. The average molecular weight is 335 g/mol. The summed E-state index contributed by atoms with van der Waals surface area (Å²) < 4.78 is 29.8. The summed E-state index contributed by atoms with van der Waals surface area (Å²) in [6.07, 6.45) is 4.48. The summed E-state index contributed by atoms with van der Waals surface area (Å²) in [6.45, 7) is 3.46. The number of halogens is 1. The second-order valence-electron chi connectivity index (χ2n) is 4.98. The van der Waals surface area contributed by atoms with Crippen molar-refractivity contribution in [2.24, 2.45) is 0 Å². The zero-order valence-electron chi connectivity index (χ0n) is 11.8. The quantitative estimate of drug-likeness (QED) is 0.832. The van der Waals surface area contributed by atoms with Gasteiger partial charge in [-0.15, -0.1) is 0 Å². The third-order valence-corrected chi connectivity index (χ3v) is 4.81. The van der Waals surface area contributed by atoms with Crippen LogP contribution < -0.4 is 5.32 Å². The van der Waals surface area contributed by atoms with Crippen LogP contribution in [-0.2, 0) is 20.3 Å². The van der Waals surface area contributed by atoms with E-state index in [1.807, 2.05) is 6.92 Å². The van der Waals surface area contributed by atoms with E-state index in [0.717, 1.165) is 25.9 Å². The molecule has 8 heteroatoms. The maximum atomic E-state index is 12.2. The number of rotatable bonds is 5. The molecule has 0 radical (unpaired) electrons. The third-order valence-electron chi connectivity index (χ3n) is 3.49. The van der Waals surface area contributed by atoms with E-state index >= 15 is 0 Å². The highest BCUT2D eigenvalue weighted by atomic mass is 35.7. The van der Waals surface area contributed by atoms with Crippen LogP contribution in [0.15, 0.2) is 17.2 Å². The number of amides is 1. The lowest BCUT2D eigenvalue weighted by atomic mass is 10.1. The molecule has 1 aromatic rings. The molecule has 1 amide bonds. The molecule has 21 heavy (non-hydrogen) atoms. The molecule has 0 bridgehead atoms. The van der Waals surface area contributed by atoms with Crippen molar-refractivity contribution >= 4 is 25.6 Å². The Bertz CT molecular complexity index is 606. The molecule has 1 aliphatic heterocycles. The van der Waals surface area contributed by atoms with Gasteiger partial charge in [0.05, 0.1) is 6.10 Å². The molecule has 1 aromatic heterocycles. The number of nitrogens with one attached hydrogen (secondary N) is 1. The van der Waals surface area contributed by atoms with Gasteiger partial charge < -0.3 is 14.6 Å². The van der Waals surface area contributed by atoms with Crippen LogP contribution in [0.5, 0.6) is 0 Å². The van der Waals surface area contributed by atoms with Gasteiger partial charge in [-0.25, -0.2) is 8.42 Å². The van der Waals surface area contributed by atoms with Crippen LogP contribution in [0.4, 0.5) is 0 Å². The first kappa shape index (κ1) is 16.3. The van der Waals surface area contributed by atoms with Crippen LogP contribution in [0.3, 0.4) is 0 Å². The van der Waals surface area contributed by atoms with Gasteiger partial charge in [-0.3, -0.25) is 4.79 Å². The number of carbonyl (C=O) groups is 1. The Balaban J connectivity index is 2.05. The van der Waals surface area contributed by atoms with Crippen LogP contribution in [0, 0.1) is 0 Å². The first-order valence-electron chi connectivity index (χ1n) is 6.96. The molecular formula is C13H19ClN2O4S. The van der Waals surface area contributed by atoms with Crippen molar-refractivity contribution in [1.29, 1.82) is 0 Å². The van der Waals surface area contributed by atoms with Crippen molar-refractivity contribution in [2.45, 2.75) is 43.7 Å². The standard InChI is InChI=1S/C13H19ClN2O4S/c1-2-16-9-11(21(14,18)19)7-12(16)13(17)15-8-10-5-3-4-6-20-10/h7,9-10H,2-6,8H2,1H3,(H,15,17). The predicted octanol–water partition coefficient (Wildman–Crippen LogP) is 1.73. The van der Waals surface area contributed by atoms with Crippen molar-refractivity contribution in [3.05, 3.63) is 18.0 Å². The highest BCUT2D eigenvalue weighted by Gasteiger charge is 2.21. The van der Waals surface area contributed by atoms with Crippen LogP contribution in [0.1, 0.15) is 36.7 Å². The zero-order valence-corrected chi connectivity index (χ0v) is 13.4. The molecule has 2 heterocycles. The SMILES string of the molecule is CCn1cc(S(=O)(=O)Cl)cc1C(=O)NCC1CCCCO1. The van der Waals surface area contributed by atoms with Gasteiger partial charge in [-0.1, -0.05) is 0 Å². The van der Waals surface area contributed by atoms with Gasteiger partial charge >= 0.3 is 0 Å². The van der Waals surface area contributed by atoms with E-state index < -0.39 is 9.05 Å². The summed E-state index contributed by atoms with van der Waals surface area (Å²) in [5.41, 5.74) is 0.285. The largest absolute Gasteiger partial charge is 0.376 e. The summed E-state index contributed by atoms with van der Waals surface area (Å²) in [5.74, 6) is -0.322. The molecule has 1 saturated heterocycles. The third kappa shape index (κ3) is 4.21. The second-order valence-corrected chi connectivity index (χ2v) is 7.55. The van der Waals surface area contributed by atoms with Gasteiger partial charge in [0.25, 0.3) is 15.0 Å². The lowest BCUT2D eigenvalue weighted by Crippen LogP contribution is -2.36. The van der Waals surface area contributed by atoms with Crippen LogP contribution in [-0.4, -0.2) is 38.1 Å². The average Bonchev–Trinajstić information content (AvgIpc) is 2.90. The minimum Gasteiger partial charge on any atom is -0.376 e. The topological polar surface area (TPSA) is 77.4 Å². The Morgan fingerprint density at radius 1 is 1.52 bits per heavy atom. The molecule has 1 aliphatic rings. The number of carbonyl (C=O) groups excluding carboxylic acids is 1. The highest BCUT2D eigenvalue weighted by molar-refractivity contribution is 8.13. The lowest BCUT2D eigenvalue weighted by molar-refractivity contribution is 0.0168. The van der Waals surface area contributed by atoms with Crippen molar-refractivity contribution in [3.63, 3.8) is 0 Å². The molecule has 0 aromatic carbocycles. The van der Waals surface area contributed by atoms with Crippen molar-refractivity contribution in [1.82, 2.24) is 9.88 Å². The minimum absolute atomic E-state index is 0.0315. The lowest BCUT2D eigenvalue weighted by Gasteiger charge is -2.22. The molecule has 1 fully saturated rings. The van der Waals surface area contributed by atoms with Gasteiger partial charge in [0.15, 0.2) is 0 Å². The van der Waals surface area contributed by atoms with Gasteiger partial charge in [0.2, 0.25) is 0 Å². The Hall–Kier alpha value is -1.05. The molecule has 1 unspecified atom stereocenters. The van der Waals surface area contributed by atoms with E-state index in [1.165, 1.54) is 12.3 Å². The molecule has 0 spiro atoms. The summed E-state index contributed by atoms with van der Waals surface area (Å²) in [7, 11) is 1.47. The van der Waals surface area contributed by atoms with Crippen LogP contribution in [0.25, 0.3) is 0 Å². The number of hydrogen-bond donors (Lipinski definition) is 1. The van der Waals surface area contributed by atoms with Crippen LogP contribution >= 0.6 is 10.7 Å². The number of nitrogens with zero attached hydrogens (tertiary/aromatic N) is 1. The van der Waals surface area contributed by atoms with Crippen molar-refractivity contribution in [2.75, 3.05) is 13.2 Å². The molecule has 0 aliphatic carbocycles. The monoisotopic (exact) mass is 334 g/mol. The first-order chi connectivity index (χ1) is 9.91. The van der Waals surface area contributed by atoms with E-state index in [0.29, 0.717) is 13.1 Å². The van der Waals surface area contributed by atoms with Gasteiger partial charge in [0, 0.05) is 36.6 Å². The van der Waals surface area contributed by atoms with E-state index in [1.54, 1.807) is 4.57 Å². The summed E-state index contributed by atoms with van der Waals surface area (Å²) in [5, 5.41) is 2.79. The summed E-state index contributed by atoms with van der Waals surface area (Å²) in [6, 6.07) is 1.29. The Morgan fingerprint density at radius 3 is 2.86 bits per heavy atom. The maximum absolute atomic E-state index is 12.2. The van der Waals surface area contributed by atoms with Crippen molar-refractivity contribution in [3.8, 4) is 0 Å². The normalized spacial score (nSPS) is 19.4. The van der Waals surface area contributed by atoms with E-state index in [2.05, 4.69) is 5.32 Å². The summed E-state index contributed by atoms with van der Waals surface area (Å²) in [4.78, 5) is 12.1. The molecular weight excluding hydrogens is 316 g/mol. The molecule has 118 valence electrons. The maximum Gasteiger partial charge on any atom is 0.268 e. The fraction of sp³-hybridized carbons (Fsp3) is 0.615. The highest BCUT2D eigenvalue weighted by Crippen LogP contribution is 2.19. The number of aromatic nitrogens is 1. The minimum atomic E-state index is -3.84. The van der Waals surface area contributed by atoms with Gasteiger partial charge in [0.1, 0.15) is 10.6 Å². The second kappa shape index (κ2) is 6.81. The number of hydrogen-bond acceptors (Lipinski definition) is 4. The molecule has 1 N–H and O–H groups in total. The van der Waals surface area contributed by atoms with Crippen molar-refractivity contribution < 1.29 is 17.9 Å². The molecule has 0 saturated carbocycles. The number of aryl methyl sites for hydroxylation is 1. The van der Waals surface area contributed by atoms with E-state index in [9.17, 15) is 13.2 Å². The first-order valence-corrected chi connectivity index (χ1v) is 9.27. The fourth-order valence-electron chi connectivity index (χ4n) is 2.33. The van der Waals surface area contributed by atoms with E-state index in [4.69, 9.17) is 15.4 Å². The number of ether oxygens (including phenoxy) is 1. The van der Waals surface area contributed by atoms with Crippen LogP contribution in [0.2, 0.25) is 0 Å². The predicted molar refractivity (Wildman–Crippen MR) is 79.1 cm³/mol. The summed E-state index contributed by atoms with van der Waals surface area (Å²) >= 11 is 0. The van der Waals surface area contributed by atoms with Gasteiger partial charge in [-0.05, 0) is 32.3 Å². The molecule has 6 nitrogen and oxygen atoms in total.